The molecule has 2 aliphatic heterocycles. The molecule has 8 heteroatoms. The first-order valence-electron chi connectivity index (χ1n) is 9.40. The molecule has 2 aromatic rings. The number of carbonyl (C=O) groups excluding carboxylic acids is 1. The van der Waals surface area contributed by atoms with Gasteiger partial charge < -0.3 is 15.5 Å². The fourth-order valence-electron chi connectivity index (χ4n) is 4.09. The standard InChI is InChI=1S/C20H23F2N5O/c21-7-8-26-9-14-11-27(12-15(14)10-26)20(28)25-19-17(23)5-6-18(24-19)13-1-3-16(22)4-2-13/h1-6,14-15H,7-12,23H2,(H,24,25,28). The predicted molar refractivity (Wildman–Crippen MR) is 104 cm³/mol. The summed E-state index contributed by atoms with van der Waals surface area (Å²) in [4.78, 5) is 21.0. The zero-order chi connectivity index (χ0) is 19.7. The lowest BCUT2D eigenvalue weighted by atomic mass is 10.0. The summed E-state index contributed by atoms with van der Waals surface area (Å²) in [5.41, 5.74) is 7.69. The van der Waals surface area contributed by atoms with Crippen molar-refractivity contribution in [2.24, 2.45) is 11.8 Å². The Hall–Kier alpha value is -2.74. The first-order valence-corrected chi connectivity index (χ1v) is 9.40. The third-order valence-corrected chi connectivity index (χ3v) is 5.54. The van der Waals surface area contributed by atoms with Crippen LogP contribution < -0.4 is 11.1 Å². The summed E-state index contributed by atoms with van der Waals surface area (Å²) in [5.74, 6) is 0.738. The zero-order valence-corrected chi connectivity index (χ0v) is 15.4. The first-order chi connectivity index (χ1) is 13.5. The number of nitrogens with two attached hydrogens (primary N) is 1. The van der Waals surface area contributed by atoms with Crippen LogP contribution >= 0.6 is 0 Å². The Morgan fingerprint density at radius 2 is 1.79 bits per heavy atom. The molecule has 1 aromatic heterocycles. The number of nitrogen functional groups attached to an aromatic ring is 1. The Bertz CT molecular complexity index is 846. The van der Waals surface area contributed by atoms with Crippen LogP contribution in [0, 0.1) is 17.7 Å². The van der Waals surface area contributed by atoms with E-state index >= 15 is 0 Å². The van der Waals surface area contributed by atoms with Gasteiger partial charge in [0.05, 0.1) is 11.4 Å². The van der Waals surface area contributed by atoms with Crippen molar-refractivity contribution in [3.63, 3.8) is 0 Å². The van der Waals surface area contributed by atoms with E-state index in [1.807, 2.05) is 0 Å². The fraction of sp³-hybridized carbons (Fsp3) is 0.400. The molecule has 6 nitrogen and oxygen atoms in total. The molecule has 2 amide bonds. The Labute approximate surface area is 162 Å². The lowest BCUT2D eigenvalue weighted by Crippen LogP contribution is -2.36. The van der Waals surface area contributed by atoms with Gasteiger partial charge in [-0.2, -0.15) is 0 Å². The number of urea groups is 1. The van der Waals surface area contributed by atoms with E-state index in [1.165, 1.54) is 12.1 Å². The monoisotopic (exact) mass is 387 g/mol. The fourth-order valence-corrected chi connectivity index (χ4v) is 4.09. The molecule has 2 aliphatic rings. The number of anilines is 2. The minimum atomic E-state index is -0.334. The van der Waals surface area contributed by atoms with Gasteiger partial charge in [-0.25, -0.2) is 18.6 Å². The van der Waals surface area contributed by atoms with Gasteiger partial charge in [0, 0.05) is 38.3 Å². The van der Waals surface area contributed by atoms with Gasteiger partial charge >= 0.3 is 6.03 Å². The minimum Gasteiger partial charge on any atom is -0.396 e. The highest BCUT2D eigenvalue weighted by molar-refractivity contribution is 5.92. The molecule has 3 heterocycles. The van der Waals surface area contributed by atoms with Gasteiger partial charge in [0.1, 0.15) is 12.5 Å². The van der Waals surface area contributed by atoms with E-state index in [2.05, 4.69) is 15.2 Å². The van der Waals surface area contributed by atoms with Crippen molar-refractivity contribution >= 4 is 17.5 Å². The number of nitrogens with zero attached hydrogens (tertiary/aromatic N) is 3. The topological polar surface area (TPSA) is 74.5 Å². The number of amides is 2. The molecular weight excluding hydrogens is 364 g/mol. The number of hydrogen-bond acceptors (Lipinski definition) is 4. The molecule has 4 rings (SSSR count). The maximum Gasteiger partial charge on any atom is 0.323 e. The van der Waals surface area contributed by atoms with Crippen LogP contribution in [0.4, 0.5) is 25.1 Å². The van der Waals surface area contributed by atoms with Crippen molar-refractivity contribution in [3.05, 3.63) is 42.2 Å². The number of benzene rings is 1. The van der Waals surface area contributed by atoms with Crippen molar-refractivity contribution in [1.82, 2.24) is 14.8 Å². The SMILES string of the molecule is Nc1ccc(-c2ccc(F)cc2)nc1NC(=O)N1CC2CN(CCF)CC2C1. The number of nitrogens with one attached hydrogen (secondary N) is 1. The van der Waals surface area contributed by atoms with E-state index in [-0.39, 0.29) is 18.5 Å². The van der Waals surface area contributed by atoms with Gasteiger partial charge in [-0.3, -0.25) is 5.32 Å². The Balaban J connectivity index is 1.43. The third-order valence-electron chi connectivity index (χ3n) is 5.54. The molecule has 0 bridgehead atoms. The highest BCUT2D eigenvalue weighted by Gasteiger charge is 2.41. The van der Waals surface area contributed by atoms with Crippen LogP contribution in [0.25, 0.3) is 11.3 Å². The zero-order valence-electron chi connectivity index (χ0n) is 15.4. The van der Waals surface area contributed by atoms with E-state index in [0.29, 0.717) is 48.7 Å². The number of rotatable bonds is 4. The molecule has 2 saturated heterocycles. The lowest BCUT2D eigenvalue weighted by Gasteiger charge is -2.21. The van der Waals surface area contributed by atoms with Gasteiger partial charge in [-0.05, 0) is 48.2 Å². The van der Waals surface area contributed by atoms with Crippen LogP contribution in [0.15, 0.2) is 36.4 Å². The van der Waals surface area contributed by atoms with E-state index < -0.39 is 0 Å². The maximum absolute atomic E-state index is 13.1. The summed E-state index contributed by atoms with van der Waals surface area (Å²) in [6, 6.07) is 9.16. The number of likely N-dealkylation sites (tertiary alicyclic amines) is 2. The highest BCUT2D eigenvalue weighted by Crippen LogP contribution is 2.31. The van der Waals surface area contributed by atoms with Crippen molar-refractivity contribution in [2.75, 3.05) is 50.4 Å². The van der Waals surface area contributed by atoms with Crippen molar-refractivity contribution in [1.29, 1.82) is 0 Å². The van der Waals surface area contributed by atoms with Crippen LogP contribution in [0.5, 0.6) is 0 Å². The molecule has 0 aliphatic carbocycles. The number of hydrogen-bond donors (Lipinski definition) is 2. The summed E-state index contributed by atoms with van der Waals surface area (Å²) in [5, 5.41) is 2.80. The van der Waals surface area contributed by atoms with Crippen LogP contribution in [-0.2, 0) is 0 Å². The average molecular weight is 387 g/mol. The Morgan fingerprint density at radius 1 is 1.11 bits per heavy atom. The van der Waals surface area contributed by atoms with Crippen molar-refractivity contribution in [3.8, 4) is 11.3 Å². The molecule has 1 aromatic carbocycles. The summed E-state index contributed by atoms with van der Waals surface area (Å²) >= 11 is 0. The molecule has 28 heavy (non-hydrogen) atoms. The van der Waals surface area contributed by atoms with E-state index in [4.69, 9.17) is 5.73 Å². The summed E-state index contributed by atoms with van der Waals surface area (Å²) in [7, 11) is 0. The van der Waals surface area contributed by atoms with Gasteiger partial charge in [0.25, 0.3) is 0 Å². The number of alkyl halides is 1. The largest absolute Gasteiger partial charge is 0.396 e. The number of aromatic nitrogens is 1. The number of fused-ring (bicyclic) bond motifs is 1. The Kier molecular flexibility index (Phi) is 5.13. The second-order valence-corrected chi connectivity index (χ2v) is 7.45. The van der Waals surface area contributed by atoms with Gasteiger partial charge in [-0.1, -0.05) is 0 Å². The molecule has 0 radical (unpaired) electrons. The van der Waals surface area contributed by atoms with Gasteiger partial charge in [0.15, 0.2) is 5.82 Å². The van der Waals surface area contributed by atoms with Crippen LogP contribution in [-0.4, -0.2) is 60.2 Å². The highest BCUT2D eigenvalue weighted by atomic mass is 19.1. The Morgan fingerprint density at radius 3 is 2.43 bits per heavy atom. The number of pyridine rings is 1. The molecule has 2 unspecified atom stereocenters. The van der Waals surface area contributed by atoms with Crippen LogP contribution in [0.1, 0.15) is 0 Å². The summed E-state index contributed by atoms with van der Waals surface area (Å²) in [6.07, 6.45) is 0. The molecule has 3 N–H and O–H groups in total. The average Bonchev–Trinajstić information content (AvgIpc) is 3.23. The molecule has 2 atom stereocenters. The molecule has 148 valence electrons. The number of halogens is 2. The molecule has 0 saturated carbocycles. The second-order valence-electron chi connectivity index (χ2n) is 7.45. The van der Waals surface area contributed by atoms with Crippen LogP contribution in [0.3, 0.4) is 0 Å². The first kappa shape index (κ1) is 18.6. The van der Waals surface area contributed by atoms with Crippen LogP contribution in [0.2, 0.25) is 0 Å². The van der Waals surface area contributed by atoms with Crippen molar-refractivity contribution < 1.29 is 13.6 Å². The number of carbonyl (C=O) groups is 1. The molecule has 2 fully saturated rings. The normalized spacial score (nSPS) is 21.7. The molecule has 0 spiro atoms. The lowest BCUT2D eigenvalue weighted by molar-refractivity contribution is 0.210. The van der Waals surface area contributed by atoms with Gasteiger partial charge in [-0.15, -0.1) is 0 Å². The van der Waals surface area contributed by atoms with Crippen molar-refractivity contribution in [2.45, 2.75) is 0 Å². The maximum atomic E-state index is 13.1. The van der Waals surface area contributed by atoms with E-state index in [0.717, 1.165) is 18.7 Å². The predicted octanol–water partition coefficient (Wildman–Crippen LogP) is 2.83. The quantitative estimate of drug-likeness (QED) is 0.846. The van der Waals surface area contributed by atoms with Gasteiger partial charge in [0.2, 0.25) is 0 Å². The smallest absolute Gasteiger partial charge is 0.323 e. The van der Waals surface area contributed by atoms with E-state index in [1.54, 1.807) is 29.2 Å². The summed E-state index contributed by atoms with van der Waals surface area (Å²) in [6.45, 7) is 3.10. The third kappa shape index (κ3) is 3.77. The second kappa shape index (κ2) is 7.71. The molecular formula is C20H23F2N5O. The summed E-state index contributed by atoms with van der Waals surface area (Å²) < 4.78 is 25.7. The minimum absolute atomic E-state index is 0.234. The van der Waals surface area contributed by atoms with E-state index in [9.17, 15) is 13.6 Å².